The molecule has 164 valence electrons. The first-order valence-electron chi connectivity index (χ1n) is 10.9. The van der Waals surface area contributed by atoms with Crippen LogP contribution in [0, 0.1) is 0 Å². The number of carbonyl (C=O) groups excluding carboxylic acids is 1. The molecular formula is C21H31N5O3S. The van der Waals surface area contributed by atoms with E-state index in [1.165, 1.54) is 0 Å². The fourth-order valence-electron chi connectivity index (χ4n) is 4.73. The van der Waals surface area contributed by atoms with Crippen LogP contribution in [0.15, 0.2) is 23.1 Å². The van der Waals surface area contributed by atoms with E-state index >= 15 is 0 Å². The van der Waals surface area contributed by atoms with E-state index in [0.717, 1.165) is 63.0 Å². The number of imidazole rings is 1. The summed E-state index contributed by atoms with van der Waals surface area (Å²) in [6, 6.07) is 4.97. The number of amides is 1. The van der Waals surface area contributed by atoms with Crippen molar-refractivity contribution in [1.29, 1.82) is 0 Å². The number of fused-ring (bicyclic) bond motifs is 1. The van der Waals surface area contributed by atoms with Crippen molar-refractivity contribution in [2.75, 3.05) is 19.6 Å². The number of aromatic nitrogens is 2. The van der Waals surface area contributed by atoms with Crippen molar-refractivity contribution < 1.29 is 13.2 Å². The topological polar surface area (TPSA) is 102 Å². The molecule has 0 radical (unpaired) electrons. The van der Waals surface area contributed by atoms with Crippen LogP contribution in [0.3, 0.4) is 0 Å². The molecule has 2 aliphatic heterocycles. The molecule has 3 heterocycles. The predicted molar refractivity (Wildman–Crippen MR) is 115 cm³/mol. The zero-order valence-electron chi connectivity index (χ0n) is 17.6. The number of likely N-dealkylation sites (tertiary alicyclic amines) is 1. The Morgan fingerprint density at radius 1 is 1.13 bits per heavy atom. The van der Waals surface area contributed by atoms with Crippen LogP contribution in [0.1, 0.15) is 51.3 Å². The molecule has 2 N–H and O–H groups in total. The van der Waals surface area contributed by atoms with Crippen LogP contribution in [-0.2, 0) is 27.9 Å². The lowest BCUT2D eigenvalue weighted by Crippen LogP contribution is -2.47. The van der Waals surface area contributed by atoms with Crippen molar-refractivity contribution >= 4 is 27.0 Å². The highest BCUT2D eigenvalue weighted by Crippen LogP contribution is 2.26. The van der Waals surface area contributed by atoms with Crippen LogP contribution < -0.4 is 5.73 Å². The van der Waals surface area contributed by atoms with Crippen LogP contribution in [0.2, 0.25) is 0 Å². The Hall–Kier alpha value is -1.97. The van der Waals surface area contributed by atoms with Crippen LogP contribution >= 0.6 is 0 Å². The molecule has 2 saturated heterocycles. The average Bonchev–Trinajstić information content (AvgIpc) is 3.10. The summed E-state index contributed by atoms with van der Waals surface area (Å²) < 4.78 is 29.8. The number of primary amides is 1. The van der Waals surface area contributed by atoms with Gasteiger partial charge in [-0.05, 0) is 57.4 Å². The first-order valence-corrected chi connectivity index (χ1v) is 12.4. The maximum Gasteiger partial charge on any atom is 0.243 e. The molecule has 1 aromatic heterocycles. The van der Waals surface area contributed by atoms with Crippen molar-refractivity contribution in [3.63, 3.8) is 0 Å². The third-order valence-corrected chi connectivity index (χ3v) is 8.25. The smallest absolute Gasteiger partial charge is 0.243 e. The van der Waals surface area contributed by atoms with Crippen molar-refractivity contribution in [1.82, 2.24) is 18.8 Å². The van der Waals surface area contributed by atoms with Gasteiger partial charge in [0.1, 0.15) is 5.82 Å². The number of carbonyl (C=O) groups is 1. The molecule has 2 aromatic rings. The number of nitrogens with zero attached hydrogens (tertiary/aromatic N) is 4. The quantitative estimate of drug-likeness (QED) is 0.751. The number of hydrogen-bond acceptors (Lipinski definition) is 5. The Balaban J connectivity index is 1.66. The molecule has 9 heteroatoms. The van der Waals surface area contributed by atoms with Gasteiger partial charge in [0.2, 0.25) is 15.9 Å². The molecule has 0 unspecified atom stereocenters. The van der Waals surface area contributed by atoms with E-state index in [2.05, 4.69) is 9.47 Å². The predicted octanol–water partition coefficient (Wildman–Crippen LogP) is 2.07. The van der Waals surface area contributed by atoms with Crippen molar-refractivity contribution in [3.8, 4) is 0 Å². The molecule has 0 spiro atoms. The molecule has 1 amide bonds. The number of piperidine rings is 2. The van der Waals surface area contributed by atoms with Crippen molar-refractivity contribution in [3.05, 3.63) is 24.0 Å². The first-order chi connectivity index (χ1) is 14.4. The fraction of sp³-hybridized carbons (Fsp3) is 0.619. The highest BCUT2D eigenvalue weighted by atomic mass is 32.2. The largest absolute Gasteiger partial charge is 0.368 e. The number of nitrogens with two attached hydrogens (primary N) is 1. The normalized spacial score (nSPS) is 21.8. The number of benzene rings is 1. The Morgan fingerprint density at radius 3 is 2.57 bits per heavy atom. The summed E-state index contributed by atoms with van der Waals surface area (Å²) in [5.41, 5.74) is 7.21. The standard InChI is InChI=1S/C21H31N5O3S/c1-2-26-18-10-9-16(30(28,29)25-12-5-3-6-13-25)14-17(18)23-20(26)15-24-11-7-4-8-19(24)21(22)27/h9-10,14,19H,2-8,11-13,15H2,1H3,(H2,22,27)/t19-/m0/s1. The summed E-state index contributed by atoms with van der Waals surface area (Å²) in [6.45, 7) is 5.28. The number of sulfonamides is 1. The summed E-state index contributed by atoms with van der Waals surface area (Å²) in [5.74, 6) is 0.553. The van der Waals surface area contributed by atoms with E-state index < -0.39 is 10.0 Å². The lowest BCUT2D eigenvalue weighted by atomic mass is 10.0. The van der Waals surface area contributed by atoms with E-state index in [0.29, 0.717) is 30.0 Å². The molecular weight excluding hydrogens is 402 g/mol. The highest BCUT2D eigenvalue weighted by molar-refractivity contribution is 7.89. The number of hydrogen-bond donors (Lipinski definition) is 1. The maximum atomic E-state index is 13.1. The van der Waals surface area contributed by atoms with Crippen LogP contribution in [0.4, 0.5) is 0 Å². The van der Waals surface area contributed by atoms with Gasteiger partial charge in [-0.25, -0.2) is 13.4 Å². The molecule has 2 aliphatic rings. The van der Waals surface area contributed by atoms with E-state index in [1.807, 2.05) is 13.0 Å². The molecule has 0 aliphatic carbocycles. The van der Waals surface area contributed by atoms with Crippen LogP contribution in [-0.4, -0.2) is 58.8 Å². The van der Waals surface area contributed by atoms with Crippen LogP contribution in [0.25, 0.3) is 11.0 Å². The van der Waals surface area contributed by atoms with Gasteiger partial charge in [-0.3, -0.25) is 9.69 Å². The van der Waals surface area contributed by atoms with E-state index in [1.54, 1.807) is 16.4 Å². The van der Waals surface area contributed by atoms with Gasteiger partial charge in [0.25, 0.3) is 0 Å². The van der Waals surface area contributed by atoms with E-state index in [-0.39, 0.29) is 11.9 Å². The highest BCUT2D eigenvalue weighted by Gasteiger charge is 2.29. The zero-order valence-corrected chi connectivity index (χ0v) is 18.4. The Kier molecular flexibility index (Phi) is 6.13. The summed E-state index contributed by atoms with van der Waals surface area (Å²) in [4.78, 5) is 19.1. The van der Waals surface area contributed by atoms with Crippen molar-refractivity contribution in [2.45, 2.75) is 69.5 Å². The minimum absolute atomic E-state index is 0.265. The molecule has 4 rings (SSSR count). The lowest BCUT2D eigenvalue weighted by molar-refractivity contribution is -0.124. The van der Waals surface area contributed by atoms with Crippen molar-refractivity contribution in [2.24, 2.45) is 5.73 Å². The lowest BCUT2D eigenvalue weighted by Gasteiger charge is -2.33. The minimum Gasteiger partial charge on any atom is -0.368 e. The molecule has 0 bridgehead atoms. The second-order valence-electron chi connectivity index (χ2n) is 8.27. The van der Waals surface area contributed by atoms with Gasteiger partial charge in [-0.15, -0.1) is 0 Å². The monoisotopic (exact) mass is 433 g/mol. The van der Waals surface area contributed by atoms with Gasteiger partial charge >= 0.3 is 0 Å². The van der Waals surface area contributed by atoms with E-state index in [4.69, 9.17) is 10.7 Å². The number of aryl methyl sites for hydroxylation is 1. The number of rotatable bonds is 6. The van der Waals surface area contributed by atoms with Gasteiger partial charge in [0.15, 0.2) is 0 Å². The molecule has 8 nitrogen and oxygen atoms in total. The minimum atomic E-state index is -3.50. The average molecular weight is 434 g/mol. The Morgan fingerprint density at radius 2 is 1.87 bits per heavy atom. The molecule has 1 atom stereocenters. The third-order valence-electron chi connectivity index (χ3n) is 6.35. The SMILES string of the molecule is CCn1c(CN2CCCC[C@H]2C(N)=O)nc2cc(S(=O)(=O)N3CCCCC3)ccc21. The van der Waals surface area contributed by atoms with Gasteiger partial charge < -0.3 is 10.3 Å². The summed E-state index contributed by atoms with van der Waals surface area (Å²) in [7, 11) is -3.50. The van der Waals surface area contributed by atoms with Gasteiger partial charge in [0, 0.05) is 19.6 Å². The summed E-state index contributed by atoms with van der Waals surface area (Å²) in [6.07, 6.45) is 5.72. The summed E-state index contributed by atoms with van der Waals surface area (Å²) >= 11 is 0. The van der Waals surface area contributed by atoms with Gasteiger partial charge in [0.05, 0.1) is 28.5 Å². The fourth-order valence-corrected chi connectivity index (χ4v) is 6.27. The zero-order chi connectivity index (χ0) is 21.3. The molecule has 0 saturated carbocycles. The molecule has 1 aromatic carbocycles. The van der Waals surface area contributed by atoms with E-state index in [9.17, 15) is 13.2 Å². The first kappa shape index (κ1) is 21.3. The third kappa shape index (κ3) is 3.98. The second-order valence-corrected chi connectivity index (χ2v) is 10.2. The Bertz CT molecular complexity index is 1030. The van der Waals surface area contributed by atoms with Gasteiger partial charge in [-0.2, -0.15) is 4.31 Å². The molecule has 2 fully saturated rings. The maximum absolute atomic E-state index is 13.1. The Labute approximate surface area is 178 Å². The second kappa shape index (κ2) is 8.64. The summed E-state index contributed by atoms with van der Waals surface area (Å²) in [5, 5.41) is 0. The van der Waals surface area contributed by atoms with Gasteiger partial charge in [-0.1, -0.05) is 12.8 Å². The van der Waals surface area contributed by atoms with Crippen LogP contribution in [0.5, 0.6) is 0 Å². The molecule has 30 heavy (non-hydrogen) atoms.